The van der Waals surface area contributed by atoms with Crippen molar-refractivity contribution in [2.45, 2.75) is 38.5 Å². The zero-order valence-corrected chi connectivity index (χ0v) is 11.6. The first kappa shape index (κ1) is 12.7. The van der Waals surface area contributed by atoms with Crippen molar-refractivity contribution in [1.29, 1.82) is 0 Å². The number of rotatable bonds is 2. The highest BCUT2D eigenvalue weighted by Crippen LogP contribution is 2.56. The van der Waals surface area contributed by atoms with Crippen molar-refractivity contribution >= 4 is 5.70 Å². The van der Waals surface area contributed by atoms with Crippen LogP contribution in [0.3, 0.4) is 0 Å². The SMILES string of the molecule is C=C(N)c1cc(C)cnc1C1CC2(CCOCC2)C1. The molecule has 0 radical (unpaired) electrons. The molecule has 1 aromatic heterocycles. The van der Waals surface area contributed by atoms with Crippen LogP contribution in [0.2, 0.25) is 0 Å². The van der Waals surface area contributed by atoms with Crippen LogP contribution in [0.5, 0.6) is 0 Å². The molecule has 0 aromatic carbocycles. The third kappa shape index (κ3) is 2.27. The van der Waals surface area contributed by atoms with Gasteiger partial charge in [-0.15, -0.1) is 0 Å². The topological polar surface area (TPSA) is 48.1 Å². The van der Waals surface area contributed by atoms with Crippen LogP contribution in [-0.4, -0.2) is 18.2 Å². The molecule has 1 aliphatic heterocycles. The van der Waals surface area contributed by atoms with Crippen LogP contribution in [0.25, 0.3) is 5.70 Å². The second-order valence-electron chi connectivity index (χ2n) is 6.19. The lowest BCUT2D eigenvalue weighted by Crippen LogP contribution is -2.41. The summed E-state index contributed by atoms with van der Waals surface area (Å²) in [6.45, 7) is 7.78. The number of hydrogen-bond acceptors (Lipinski definition) is 3. The Hall–Kier alpha value is -1.35. The van der Waals surface area contributed by atoms with Gasteiger partial charge in [-0.3, -0.25) is 4.98 Å². The van der Waals surface area contributed by atoms with Crippen LogP contribution in [0.4, 0.5) is 0 Å². The molecule has 1 saturated carbocycles. The highest BCUT2D eigenvalue weighted by molar-refractivity contribution is 5.63. The van der Waals surface area contributed by atoms with Crippen LogP contribution in [-0.2, 0) is 4.74 Å². The molecule has 2 heterocycles. The number of pyridine rings is 1. The smallest absolute Gasteiger partial charge is 0.0527 e. The van der Waals surface area contributed by atoms with Crippen molar-refractivity contribution in [2.24, 2.45) is 11.1 Å². The van der Waals surface area contributed by atoms with Gasteiger partial charge in [-0.1, -0.05) is 6.58 Å². The minimum Gasteiger partial charge on any atom is -0.399 e. The van der Waals surface area contributed by atoms with Crippen molar-refractivity contribution in [3.63, 3.8) is 0 Å². The monoisotopic (exact) mass is 258 g/mol. The minimum absolute atomic E-state index is 0.517. The van der Waals surface area contributed by atoms with Crippen molar-refractivity contribution < 1.29 is 4.74 Å². The number of aromatic nitrogens is 1. The molecule has 1 aliphatic carbocycles. The number of nitrogens with two attached hydrogens (primary N) is 1. The summed E-state index contributed by atoms with van der Waals surface area (Å²) in [5.74, 6) is 0.550. The number of aryl methyl sites for hydroxylation is 1. The first-order chi connectivity index (χ1) is 9.10. The van der Waals surface area contributed by atoms with Gasteiger partial charge in [0.15, 0.2) is 0 Å². The average Bonchev–Trinajstić information content (AvgIpc) is 2.37. The van der Waals surface area contributed by atoms with Gasteiger partial charge in [0, 0.05) is 36.6 Å². The van der Waals surface area contributed by atoms with E-state index in [4.69, 9.17) is 10.5 Å². The molecule has 1 spiro atoms. The molecular formula is C16H22N2O. The molecule has 3 nitrogen and oxygen atoms in total. The molecule has 3 heteroatoms. The predicted octanol–water partition coefficient (Wildman–Crippen LogP) is 2.99. The number of nitrogens with zero attached hydrogens (tertiary/aromatic N) is 1. The van der Waals surface area contributed by atoms with E-state index in [9.17, 15) is 0 Å². The maximum absolute atomic E-state index is 5.92. The lowest BCUT2D eigenvalue weighted by Gasteiger charge is -2.50. The maximum Gasteiger partial charge on any atom is 0.0527 e. The normalized spacial score (nSPS) is 22.2. The van der Waals surface area contributed by atoms with E-state index in [1.807, 2.05) is 13.1 Å². The summed E-state index contributed by atoms with van der Waals surface area (Å²) in [5, 5.41) is 0. The average molecular weight is 258 g/mol. The Morgan fingerprint density at radius 2 is 2.11 bits per heavy atom. The largest absolute Gasteiger partial charge is 0.399 e. The molecule has 19 heavy (non-hydrogen) atoms. The molecule has 0 atom stereocenters. The van der Waals surface area contributed by atoms with Gasteiger partial charge >= 0.3 is 0 Å². The lowest BCUT2D eigenvalue weighted by molar-refractivity contribution is -0.0404. The maximum atomic E-state index is 5.92. The van der Waals surface area contributed by atoms with Crippen LogP contribution in [0.1, 0.15) is 48.4 Å². The fourth-order valence-electron chi connectivity index (χ4n) is 3.55. The van der Waals surface area contributed by atoms with E-state index in [0.29, 0.717) is 17.0 Å². The summed E-state index contributed by atoms with van der Waals surface area (Å²) in [5.41, 5.74) is 10.4. The third-order valence-electron chi connectivity index (χ3n) is 4.70. The van der Waals surface area contributed by atoms with E-state index in [-0.39, 0.29) is 0 Å². The van der Waals surface area contributed by atoms with Crippen LogP contribution >= 0.6 is 0 Å². The van der Waals surface area contributed by atoms with Gasteiger partial charge in [0.1, 0.15) is 0 Å². The van der Waals surface area contributed by atoms with E-state index < -0.39 is 0 Å². The Labute approximate surface area is 114 Å². The Balaban J connectivity index is 1.79. The van der Waals surface area contributed by atoms with Gasteiger partial charge in [-0.05, 0) is 49.7 Å². The van der Waals surface area contributed by atoms with Crippen LogP contribution in [0.15, 0.2) is 18.8 Å². The van der Waals surface area contributed by atoms with Crippen LogP contribution < -0.4 is 5.73 Å². The zero-order valence-electron chi connectivity index (χ0n) is 11.6. The van der Waals surface area contributed by atoms with E-state index in [0.717, 1.165) is 30.0 Å². The summed E-state index contributed by atoms with van der Waals surface area (Å²) in [7, 11) is 0. The Bertz CT molecular complexity index is 495. The molecule has 2 fully saturated rings. The summed E-state index contributed by atoms with van der Waals surface area (Å²) in [6.07, 6.45) is 6.80. The third-order valence-corrected chi connectivity index (χ3v) is 4.70. The molecule has 2 aliphatic rings. The summed E-state index contributed by atoms with van der Waals surface area (Å²) in [6, 6.07) is 2.11. The van der Waals surface area contributed by atoms with Gasteiger partial charge in [0.05, 0.1) is 5.69 Å². The van der Waals surface area contributed by atoms with Crippen LogP contribution in [0, 0.1) is 12.3 Å². The molecule has 0 unspecified atom stereocenters. The quantitative estimate of drug-likeness (QED) is 0.887. The predicted molar refractivity (Wildman–Crippen MR) is 76.7 cm³/mol. The number of hydrogen-bond donors (Lipinski definition) is 1. The van der Waals surface area contributed by atoms with Gasteiger partial charge in [0.2, 0.25) is 0 Å². The summed E-state index contributed by atoms with van der Waals surface area (Å²) >= 11 is 0. The summed E-state index contributed by atoms with van der Waals surface area (Å²) in [4.78, 5) is 4.63. The molecule has 1 aromatic rings. The summed E-state index contributed by atoms with van der Waals surface area (Å²) < 4.78 is 5.47. The highest BCUT2D eigenvalue weighted by atomic mass is 16.5. The van der Waals surface area contributed by atoms with Gasteiger partial charge < -0.3 is 10.5 Å². The Morgan fingerprint density at radius 1 is 1.42 bits per heavy atom. The second-order valence-corrected chi connectivity index (χ2v) is 6.19. The first-order valence-corrected chi connectivity index (χ1v) is 7.09. The first-order valence-electron chi connectivity index (χ1n) is 7.09. The van der Waals surface area contributed by atoms with Crippen molar-refractivity contribution in [3.05, 3.63) is 35.7 Å². The fourth-order valence-corrected chi connectivity index (χ4v) is 3.55. The molecule has 102 valence electrons. The van der Waals surface area contributed by atoms with Crippen molar-refractivity contribution in [2.75, 3.05) is 13.2 Å². The van der Waals surface area contributed by atoms with Crippen molar-refractivity contribution in [3.8, 4) is 0 Å². The standard InChI is InChI=1S/C16H22N2O/c1-11-7-14(12(2)17)15(18-10-11)13-8-16(9-13)3-5-19-6-4-16/h7,10,13H,2-6,8-9,17H2,1H3. The molecule has 1 saturated heterocycles. The van der Waals surface area contributed by atoms with E-state index in [2.05, 4.69) is 17.6 Å². The fraction of sp³-hybridized carbons (Fsp3) is 0.562. The molecule has 0 amide bonds. The van der Waals surface area contributed by atoms with Gasteiger partial charge in [0.25, 0.3) is 0 Å². The number of ether oxygens (including phenoxy) is 1. The lowest BCUT2D eigenvalue weighted by atomic mass is 9.57. The molecule has 2 N–H and O–H groups in total. The van der Waals surface area contributed by atoms with Crippen molar-refractivity contribution in [1.82, 2.24) is 4.98 Å². The second kappa shape index (κ2) is 4.64. The van der Waals surface area contributed by atoms with Gasteiger partial charge in [-0.2, -0.15) is 0 Å². The zero-order chi connectivity index (χ0) is 13.5. The Kier molecular flexibility index (Phi) is 3.09. The molecule has 0 bridgehead atoms. The van der Waals surface area contributed by atoms with E-state index in [1.54, 1.807) is 0 Å². The molecule has 3 rings (SSSR count). The Morgan fingerprint density at radius 3 is 2.74 bits per heavy atom. The molecular weight excluding hydrogens is 236 g/mol. The minimum atomic E-state index is 0.517. The highest BCUT2D eigenvalue weighted by Gasteiger charge is 2.46. The van der Waals surface area contributed by atoms with Gasteiger partial charge in [-0.25, -0.2) is 0 Å². The van der Waals surface area contributed by atoms with E-state index >= 15 is 0 Å². The van der Waals surface area contributed by atoms with E-state index in [1.165, 1.54) is 25.7 Å².